The van der Waals surface area contributed by atoms with Gasteiger partial charge in [0.2, 0.25) is 0 Å². The Balaban J connectivity index is 1.93. The van der Waals surface area contributed by atoms with Crippen LogP contribution in [0.3, 0.4) is 0 Å². The van der Waals surface area contributed by atoms with Gasteiger partial charge in [-0.3, -0.25) is 4.79 Å². The summed E-state index contributed by atoms with van der Waals surface area (Å²) in [6, 6.07) is 2.44. The van der Waals surface area contributed by atoms with E-state index in [1.807, 2.05) is 6.92 Å². The molecule has 0 aliphatic carbocycles. The summed E-state index contributed by atoms with van der Waals surface area (Å²) in [6.45, 7) is 12.8. The number of hydrogen-bond donors (Lipinski definition) is 1. The fourth-order valence-corrected chi connectivity index (χ4v) is 5.85. The van der Waals surface area contributed by atoms with E-state index in [0.29, 0.717) is 24.5 Å². The van der Waals surface area contributed by atoms with Gasteiger partial charge >= 0.3 is 6.09 Å². The Hall–Kier alpha value is -2.04. The Morgan fingerprint density at radius 3 is 2.52 bits per heavy atom. The molecular formula is C23H32N2O6S2. The molecule has 182 valence electrons. The van der Waals surface area contributed by atoms with E-state index in [0.717, 1.165) is 10.5 Å². The van der Waals surface area contributed by atoms with Crippen LogP contribution in [0.4, 0.5) is 10.5 Å². The average Bonchev–Trinajstić information content (AvgIpc) is 3.13. The monoisotopic (exact) mass is 496 g/mol. The maximum Gasteiger partial charge on any atom is 0.416 e. The van der Waals surface area contributed by atoms with E-state index >= 15 is 0 Å². The summed E-state index contributed by atoms with van der Waals surface area (Å²) in [7, 11) is 6.29. The molecule has 3 rings (SSSR count). The number of nitrogens with zero attached hydrogens (tertiary/aromatic N) is 2. The largest absolute Gasteiger partial charge is 0.493 e. The van der Waals surface area contributed by atoms with E-state index < -0.39 is 18.4 Å². The molecule has 1 unspecified atom stereocenters. The number of fused-ring (bicyclic) bond motifs is 2. The molecule has 1 aromatic carbocycles. The van der Waals surface area contributed by atoms with Gasteiger partial charge in [0.1, 0.15) is 6.61 Å². The van der Waals surface area contributed by atoms with E-state index in [9.17, 15) is 14.7 Å². The minimum Gasteiger partial charge on any atom is -0.493 e. The minimum absolute atomic E-state index is 0.0385. The molecule has 3 atom stereocenters. The first-order valence-corrected chi connectivity index (χ1v) is 12.9. The molecule has 2 amide bonds. The zero-order valence-electron chi connectivity index (χ0n) is 19.9. The number of hydrogen-bond acceptors (Lipinski definition) is 8. The zero-order valence-corrected chi connectivity index (χ0v) is 21.5. The van der Waals surface area contributed by atoms with Crippen LogP contribution in [0.25, 0.3) is 0 Å². The number of benzene rings is 1. The molecule has 33 heavy (non-hydrogen) atoms. The first-order chi connectivity index (χ1) is 15.5. The van der Waals surface area contributed by atoms with Crippen LogP contribution < -0.4 is 14.4 Å². The lowest BCUT2D eigenvalue weighted by atomic mass is 10.1. The van der Waals surface area contributed by atoms with Gasteiger partial charge in [-0.2, -0.15) is 0 Å². The smallest absolute Gasteiger partial charge is 0.416 e. The van der Waals surface area contributed by atoms with Crippen LogP contribution >= 0.6 is 21.6 Å². The second-order valence-electron chi connectivity index (χ2n) is 9.14. The predicted molar refractivity (Wildman–Crippen MR) is 132 cm³/mol. The summed E-state index contributed by atoms with van der Waals surface area (Å²) in [5, 5.41) is 11.3. The third-order valence-electron chi connectivity index (χ3n) is 5.25. The number of ether oxygens (including phenoxy) is 3. The van der Waals surface area contributed by atoms with Crippen molar-refractivity contribution in [1.82, 2.24) is 4.90 Å². The fourth-order valence-electron chi connectivity index (χ4n) is 3.74. The summed E-state index contributed by atoms with van der Waals surface area (Å²) in [6.07, 6.45) is -1.63. The minimum atomic E-state index is -1.30. The highest BCUT2D eigenvalue weighted by Gasteiger charge is 2.46. The van der Waals surface area contributed by atoms with Gasteiger partial charge in [0.15, 0.2) is 17.7 Å². The van der Waals surface area contributed by atoms with E-state index in [4.69, 9.17) is 14.2 Å². The third kappa shape index (κ3) is 5.55. The van der Waals surface area contributed by atoms with Gasteiger partial charge in [-0.15, -0.1) is 0 Å². The summed E-state index contributed by atoms with van der Waals surface area (Å²) >= 11 is 0. The molecule has 2 heterocycles. The zero-order chi connectivity index (χ0) is 24.5. The van der Waals surface area contributed by atoms with Crippen molar-refractivity contribution < 1.29 is 28.9 Å². The highest BCUT2D eigenvalue weighted by atomic mass is 33.1. The highest BCUT2D eigenvalue weighted by Crippen LogP contribution is 2.42. The molecule has 0 spiro atoms. The second kappa shape index (κ2) is 10.1. The van der Waals surface area contributed by atoms with Crippen molar-refractivity contribution in [3.8, 4) is 11.5 Å². The van der Waals surface area contributed by atoms with Crippen molar-refractivity contribution in [2.75, 3.05) is 32.3 Å². The van der Waals surface area contributed by atoms with Crippen molar-refractivity contribution in [2.45, 2.75) is 56.4 Å². The summed E-state index contributed by atoms with van der Waals surface area (Å²) in [5.41, 5.74) is 1.26. The Bertz CT molecular complexity index is 932. The van der Waals surface area contributed by atoms with Crippen molar-refractivity contribution >= 4 is 39.3 Å². The Morgan fingerprint density at radius 2 is 1.91 bits per heavy atom. The van der Waals surface area contributed by atoms with Crippen LogP contribution in [0.15, 0.2) is 24.3 Å². The van der Waals surface area contributed by atoms with Gasteiger partial charge < -0.3 is 24.2 Å². The number of carbonyl (C=O) groups is 2. The van der Waals surface area contributed by atoms with E-state index in [-0.39, 0.29) is 33.8 Å². The molecule has 0 aromatic heterocycles. The van der Waals surface area contributed by atoms with Crippen molar-refractivity contribution in [3.05, 3.63) is 29.8 Å². The van der Waals surface area contributed by atoms with E-state index in [1.54, 1.807) is 26.5 Å². The molecule has 10 heteroatoms. The lowest BCUT2D eigenvalue weighted by Gasteiger charge is -2.31. The number of carbonyl (C=O) groups excluding carboxylic acids is 2. The standard InChI is InChI=1S/C23H32N2O6S2/c1-13-8-17-21(27)25(22(28)31-12-14(2)32-33-23(3,4)5)16-10-19(30-7)18(29-6)9-15(16)20(26)24(17)11-13/h9-10,14,17,21,27H,1,8,11-12H2,2-7H3/t14-,17+,21?/m1/s1. The van der Waals surface area contributed by atoms with E-state index in [2.05, 4.69) is 27.4 Å². The second-order valence-corrected chi connectivity index (χ2v) is 12.6. The Morgan fingerprint density at radius 1 is 1.27 bits per heavy atom. The number of aliphatic hydroxyl groups is 1. The molecule has 1 fully saturated rings. The number of amides is 2. The van der Waals surface area contributed by atoms with Gasteiger partial charge in [-0.05, 0) is 19.4 Å². The summed E-state index contributed by atoms with van der Waals surface area (Å²) in [4.78, 5) is 29.3. The molecule has 0 bridgehead atoms. The lowest BCUT2D eigenvalue weighted by molar-refractivity contribution is 0.0491. The molecule has 0 saturated carbocycles. The summed E-state index contributed by atoms with van der Waals surface area (Å²) < 4.78 is 16.4. The van der Waals surface area contributed by atoms with Crippen LogP contribution in [-0.4, -0.2) is 71.6 Å². The maximum atomic E-state index is 13.4. The molecule has 0 radical (unpaired) electrons. The normalized spacial score (nSPS) is 21.3. The Labute approximate surface area is 203 Å². The van der Waals surface area contributed by atoms with Gasteiger partial charge in [-0.25, -0.2) is 9.69 Å². The van der Waals surface area contributed by atoms with Gasteiger partial charge in [0.05, 0.1) is 31.5 Å². The van der Waals surface area contributed by atoms with Crippen LogP contribution in [0.1, 0.15) is 44.5 Å². The van der Waals surface area contributed by atoms with Crippen molar-refractivity contribution in [3.63, 3.8) is 0 Å². The number of aliphatic hydroxyl groups excluding tert-OH is 1. The number of anilines is 1. The number of methoxy groups -OCH3 is 2. The first kappa shape index (κ1) is 25.6. The van der Waals surface area contributed by atoms with Crippen LogP contribution in [0, 0.1) is 0 Å². The van der Waals surface area contributed by atoms with Gasteiger partial charge in [0, 0.05) is 22.6 Å². The average molecular weight is 497 g/mol. The first-order valence-electron chi connectivity index (χ1n) is 10.7. The maximum absolute atomic E-state index is 13.4. The molecule has 1 N–H and O–H groups in total. The van der Waals surface area contributed by atoms with Gasteiger partial charge in [-0.1, -0.05) is 54.5 Å². The molecule has 2 aliphatic rings. The topological polar surface area (TPSA) is 88.5 Å². The quantitative estimate of drug-likeness (QED) is 0.460. The predicted octanol–water partition coefficient (Wildman–Crippen LogP) is 4.32. The lowest BCUT2D eigenvalue weighted by Crippen LogP contribution is -2.51. The van der Waals surface area contributed by atoms with Crippen molar-refractivity contribution in [1.29, 1.82) is 0 Å². The van der Waals surface area contributed by atoms with E-state index in [1.165, 1.54) is 26.4 Å². The van der Waals surface area contributed by atoms with Crippen LogP contribution in [0.2, 0.25) is 0 Å². The fraction of sp³-hybridized carbons (Fsp3) is 0.565. The SMILES string of the molecule is C=C1C[C@H]2C(O)N(C(=O)OC[C@@H](C)SSC(C)(C)C)c3cc(OC)c(OC)cc3C(=O)N2C1. The van der Waals surface area contributed by atoms with Crippen LogP contribution in [-0.2, 0) is 4.74 Å². The molecular weight excluding hydrogens is 464 g/mol. The van der Waals surface area contributed by atoms with Crippen LogP contribution in [0.5, 0.6) is 11.5 Å². The molecule has 8 nitrogen and oxygen atoms in total. The molecule has 1 saturated heterocycles. The third-order valence-corrected chi connectivity index (χ3v) is 9.09. The summed E-state index contributed by atoms with van der Waals surface area (Å²) in [5.74, 6) is 0.383. The number of rotatable bonds is 6. The molecule has 1 aromatic rings. The highest BCUT2D eigenvalue weighted by molar-refractivity contribution is 8.77. The van der Waals surface area contributed by atoms with Crippen molar-refractivity contribution in [2.24, 2.45) is 0 Å². The van der Waals surface area contributed by atoms with Gasteiger partial charge in [0.25, 0.3) is 5.91 Å². The molecule has 2 aliphatic heterocycles. The Kier molecular flexibility index (Phi) is 7.80.